The first-order chi connectivity index (χ1) is 11.4. The van der Waals surface area contributed by atoms with Crippen molar-refractivity contribution in [1.29, 1.82) is 0 Å². The van der Waals surface area contributed by atoms with E-state index in [1.54, 1.807) is 30.1 Å². The second-order valence-electron chi connectivity index (χ2n) is 6.05. The Morgan fingerprint density at radius 3 is 2.71 bits per heavy atom. The van der Waals surface area contributed by atoms with E-state index in [-0.39, 0.29) is 11.9 Å². The number of hydrogen-bond acceptors (Lipinski definition) is 2. The summed E-state index contributed by atoms with van der Waals surface area (Å²) in [5.41, 5.74) is 2.02. The smallest absolute Gasteiger partial charge is 0.322 e. The van der Waals surface area contributed by atoms with Crippen molar-refractivity contribution in [3.05, 3.63) is 45.1 Å². The van der Waals surface area contributed by atoms with Gasteiger partial charge in [-0.3, -0.25) is 9.69 Å². The van der Waals surface area contributed by atoms with E-state index in [0.29, 0.717) is 34.3 Å². The molecule has 7 heteroatoms. The van der Waals surface area contributed by atoms with E-state index in [2.05, 4.69) is 12.2 Å². The number of amides is 3. The molecule has 0 aromatic heterocycles. The Morgan fingerprint density at radius 2 is 2.04 bits per heavy atom. The number of unbranched alkanes of at least 4 members (excludes halogenated alkanes) is 1. The summed E-state index contributed by atoms with van der Waals surface area (Å²) in [5.74, 6) is -0.0404. The maximum atomic E-state index is 12.9. The first-order valence-corrected chi connectivity index (χ1v) is 8.71. The van der Waals surface area contributed by atoms with Crippen molar-refractivity contribution in [2.24, 2.45) is 0 Å². The molecule has 1 atom stereocenters. The van der Waals surface area contributed by atoms with Gasteiger partial charge in [0.05, 0.1) is 23.9 Å². The van der Waals surface area contributed by atoms with Crippen LogP contribution in [0.25, 0.3) is 0 Å². The third kappa shape index (κ3) is 2.87. The summed E-state index contributed by atoms with van der Waals surface area (Å²) in [6, 6.07) is 4.30. The SMILES string of the molecule is CCCCN1CC2=C(C1=O)[C@H](c1ccc(Cl)cc1Cl)NC(=O)N2C. The summed E-state index contributed by atoms with van der Waals surface area (Å²) < 4.78 is 0. The van der Waals surface area contributed by atoms with E-state index < -0.39 is 6.04 Å². The lowest BCUT2D eigenvalue weighted by Gasteiger charge is -2.31. The number of benzene rings is 1. The van der Waals surface area contributed by atoms with Crippen molar-refractivity contribution in [3.8, 4) is 0 Å². The van der Waals surface area contributed by atoms with Crippen LogP contribution in [0.1, 0.15) is 31.4 Å². The summed E-state index contributed by atoms with van der Waals surface area (Å²) in [6.45, 7) is 3.23. The summed E-state index contributed by atoms with van der Waals surface area (Å²) in [6.07, 6.45) is 1.94. The maximum Gasteiger partial charge on any atom is 0.322 e. The zero-order valence-corrected chi connectivity index (χ0v) is 15.1. The quantitative estimate of drug-likeness (QED) is 0.883. The zero-order chi connectivity index (χ0) is 17.4. The highest BCUT2D eigenvalue weighted by Crippen LogP contribution is 2.38. The lowest BCUT2D eigenvalue weighted by atomic mass is 9.95. The molecular weight excluding hydrogens is 349 g/mol. The molecule has 0 saturated carbocycles. The van der Waals surface area contributed by atoms with E-state index >= 15 is 0 Å². The van der Waals surface area contributed by atoms with Gasteiger partial charge in [0.25, 0.3) is 5.91 Å². The van der Waals surface area contributed by atoms with Gasteiger partial charge in [0.1, 0.15) is 0 Å². The van der Waals surface area contributed by atoms with Gasteiger partial charge in [0.15, 0.2) is 0 Å². The van der Waals surface area contributed by atoms with Crippen molar-refractivity contribution in [2.75, 3.05) is 20.1 Å². The van der Waals surface area contributed by atoms with Crippen LogP contribution in [-0.4, -0.2) is 41.9 Å². The summed E-state index contributed by atoms with van der Waals surface area (Å²) in [4.78, 5) is 28.5. The fourth-order valence-corrected chi connectivity index (χ4v) is 3.64. The van der Waals surface area contributed by atoms with Gasteiger partial charge < -0.3 is 10.2 Å². The molecule has 2 heterocycles. The molecule has 1 N–H and O–H groups in total. The highest BCUT2D eigenvalue weighted by atomic mass is 35.5. The fourth-order valence-electron chi connectivity index (χ4n) is 3.12. The van der Waals surface area contributed by atoms with Gasteiger partial charge in [-0.05, 0) is 24.1 Å². The van der Waals surface area contributed by atoms with E-state index in [1.165, 1.54) is 4.90 Å². The Labute approximate surface area is 151 Å². The second-order valence-corrected chi connectivity index (χ2v) is 6.89. The summed E-state index contributed by atoms with van der Waals surface area (Å²) >= 11 is 12.3. The molecule has 0 radical (unpaired) electrons. The molecule has 3 rings (SSSR count). The number of nitrogens with one attached hydrogen (secondary N) is 1. The van der Waals surface area contributed by atoms with Crippen LogP contribution in [0, 0.1) is 0 Å². The number of nitrogens with zero attached hydrogens (tertiary/aromatic N) is 2. The van der Waals surface area contributed by atoms with Crippen LogP contribution < -0.4 is 5.32 Å². The Balaban J connectivity index is 2.01. The van der Waals surface area contributed by atoms with Crippen molar-refractivity contribution >= 4 is 35.1 Å². The monoisotopic (exact) mass is 367 g/mol. The molecule has 1 aromatic rings. The molecule has 1 aromatic carbocycles. The Bertz CT molecular complexity index is 733. The minimum absolute atomic E-state index is 0.0404. The number of likely N-dealkylation sites (N-methyl/N-ethyl adjacent to an activating group) is 1. The van der Waals surface area contributed by atoms with Crippen molar-refractivity contribution < 1.29 is 9.59 Å². The Kier molecular flexibility index (Phi) is 4.74. The number of rotatable bonds is 4. The molecule has 2 aliphatic rings. The first-order valence-electron chi connectivity index (χ1n) is 7.95. The Morgan fingerprint density at radius 1 is 1.29 bits per heavy atom. The van der Waals surface area contributed by atoms with E-state index in [1.807, 2.05) is 0 Å². The highest BCUT2D eigenvalue weighted by molar-refractivity contribution is 6.35. The van der Waals surface area contributed by atoms with E-state index in [9.17, 15) is 9.59 Å². The largest absolute Gasteiger partial charge is 0.333 e. The van der Waals surface area contributed by atoms with Gasteiger partial charge in [-0.15, -0.1) is 0 Å². The molecule has 0 spiro atoms. The van der Waals surface area contributed by atoms with Crippen LogP contribution in [0.5, 0.6) is 0 Å². The standard InChI is InChI=1S/C17H19Cl2N3O2/c1-3-4-7-22-9-13-14(16(22)23)15(20-17(24)21(13)2)11-6-5-10(18)8-12(11)19/h5-6,8,15H,3-4,7,9H2,1-2H3,(H,20,24)/t15-/m0/s1. The number of urea groups is 1. The molecule has 0 bridgehead atoms. The van der Waals surface area contributed by atoms with Crippen LogP contribution in [-0.2, 0) is 4.79 Å². The highest BCUT2D eigenvalue weighted by Gasteiger charge is 2.43. The normalized spacial score (nSPS) is 20.6. The minimum Gasteiger partial charge on any atom is -0.333 e. The Hall–Kier alpha value is -1.72. The molecule has 24 heavy (non-hydrogen) atoms. The molecule has 0 fully saturated rings. The van der Waals surface area contributed by atoms with Crippen molar-refractivity contribution in [2.45, 2.75) is 25.8 Å². The first kappa shape index (κ1) is 17.1. The predicted octanol–water partition coefficient (Wildman–Crippen LogP) is 3.59. The fraction of sp³-hybridized carbons (Fsp3) is 0.412. The molecule has 3 amide bonds. The van der Waals surface area contributed by atoms with Crippen molar-refractivity contribution in [1.82, 2.24) is 15.1 Å². The number of carbonyl (C=O) groups excluding carboxylic acids is 2. The van der Waals surface area contributed by atoms with Crippen LogP contribution in [0.4, 0.5) is 4.79 Å². The van der Waals surface area contributed by atoms with Gasteiger partial charge in [0, 0.05) is 23.6 Å². The molecule has 0 saturated heterocycles. The van der Waals surface area contributed by atoms with E-state index in [4.69, 9.17) is 23.2 Å². The molecule has 2 aliphatic heterocycles. The van der Waals surface area contributed by atoms with Gasteiger partial charge >= 0.3 is 6.03 Å². The lowest BCUT2D eigenvalue weighted by Crippen LogP contribution is -2.45. The van der Waals surface area contributed by atoms with Gasteiger partial charge in [-0.25, -0.2) is 4.79 Å². The number of hydrogen-bond donors (Lipinski definition) is 1. The van der Waals surface area contributed by atoms with Crippen LogP contribution in [0.3, 0.4) is 0 Å². The van der Waals surface area contributed by atoms with Gasteiger partial charge in [-0.2, -0.15) is 0 Å². The summed E-state index contributed by atoms with van der Waals surface area (Å²) in [7, 11) is 1.68. The predicted molar refractivity (Wildman–Crippen MR) is 94.0 cm³/mol. The maximum absolute atomic E-state index is 12.9. The van der Waals surface area contributed by atoms with Crippen LogP contribution in [0.15, 0.2) is 29.5 Å². The molecular formula is C17H19Cl2N3O2. The second kappa shape index (κ2) is 6.65. The molecule has 0 unspecified atom stereocenters. The molecule has 5 nitrogen and oxygen atoms in total. The number of halogens is 2. The van der Waals surface area contributed by atoms with Crippen molar-refractivity contribution in [3.63, 3.8) is 0 Å². The minimum atomic E-state index is -0.549. The summed E-state index contributed by atoms with van der Waals surface area (Å²) in [5, 5.41) is 3.82. The van der Waals surface area contributed by atoms with E-state index in [0.717, 1.165) is 18.5 Å². The average Bonchev–Trinajstić information content (AvgIpc) is 2.87. The number of carbonyl (C=O) groups is 2. The third-order valence-electron chi connectivity index (χ3n) is 4.49. The average molecular weight is 368 g/mol. The lowest BCUT2D eigenvalue weighted by molar-refractivity contribution is -0.125. The molecule has 128 valence electrons. The third-order valence-corrected chi connectivity index (χ3v) is 5.05. The van der Waals surface area contributed by atoms with Crippen LogP contribution in [0.2, 0.25) is 10.0 Å². The van der Waals surface area contributed by atoms with Gasteiger partial charge in [-0.1, -0.05) is 42.6 Å². The van der Waals surface area contributed by atoms with Crippen LogP contribution >= 0.6 is 23.2 Å². The zero-order valence-electron chi connectivity index (χ0n) is 13.6. The topological polar surface area (TPSA) is 52.7 Å². The van der Waals surface area contributed by atoms with Gasteiger partial charge in [0.2, 0.25) is 0 Å². The molecule has 0 aliphatic carbocycles.